The van der Waals surface area contributed by atoms with E-state index >= 15 is 0 Å². The van der Waals surface area contributed by atoms with Crippen molar-refractivity contribution in [3.05, 3.63) is 45.9 Å². The Morgan fingerprint density at radius 2 is 2.16 bits per heavy atom. The minimum Gasteiger partial charge on any atom is -0.345 e. The second-order valence-corrected chi connectivity index (χ2v) is 7.29. The summed E-state index contributed by atoms with van der Waals surface area (Å²) >= 11 is 0.958. The SMILES string of the molecule is C[C@@H]1C(=O)N(C)C(=N)N[C@]1(C)c1cc(-c2cccc(C#N)c2)c(F)s1. The van der Waals surface area contributed by atoms with Crippen LogP contribution in [-0.2, 0) is 10.3 Å². The van der Waals surface area contributed by atoms with Crippen molar-refractivity contribution in [1.82, 2.24) is 10.2 Å². The highest BCUT2D eigenvalue weighted by atomic mass is 32.1. The molecule has 1 aromatic heterocycles. The highest BCUT2D eigenvalue weighted by Gasteiger charge is 2.46. The number of carbonyl (C=O) groups excluding carboxylic acids is 1. The minimum absolute atomic E-state index is 0.00700. The van der Waals surface area contributed by atoms with Crippen LogP contribution in [0.15, 0.2) is 30.3 Å². The molecule has 1 aliphatic rings. The molecular formula is C18H17FN4OS. The Kier molecular flexibility index (Phi) is 4.09. The zero-order valence-electron chi connectivity index (χ0n) is 14.1. The van der Waals surface area contributed by atoms with Gasteiger partial charge in [0.1, 0.15) is 0 Å². The van der Waals surface area contributed by atoms with E-state index in [9.17, 15) is 9.18 Å². The number of carbonyl (C=O) groups is 1. The maximum absolute atomic E-state index is 14.6. The molecule has 0 unspecified atom stereocenters. The first kappa shape index (κ1) is 17.1. The molecule has 2 aromatic rings. The molecule has 0 aliphatic carbocycles. The molecule has 2 heterocycles. The summed E-state index contributed by atoms with van der Waals surface area (Å²) in [6, 6.07) is 10.5. The molecule has 25 heavy (non-hydrogen) atoms. The third-order valence-electron chi connectivity index (χ3n) is 4.78. The maximum Gasteiger partial charge on any atom is 0.234 e. The van der Waals surface area contributed by atoms with Gasteiger partial charge in [0.05, 0.1) is 23.1 Å². The number of hydrogen-bond acceptors (Lipinski definition) is 4. The van der Waals surface area contributed by atoms with Crippen molar-refractivity contribution in [2.24, 2.45) is 5.92 Å². The monoisotopic (exact) mass is 356 g/mol. The molecule has 0 bridgehead atoms. The average Bonchev–Trinajstić information content (AvgIpc) is 3.01. The fraction of sp³-hybridized carbons (Fsp3) is 0.278. The van der Waals surface area contributed by atoms with Crippen LogP contribution in [0.2, 0.25) is 0 Å². The minimum atomic E-state index is -0.864. The molecule has 2 atom stereocenters. The van der Waals surface area contributed by atoms with Crippen LogP contribution in [0.1, 0.15) is 24.3 Å². The van der Waals surface area contributed by atoms with Crippen molar-refractivity contribution in [3.63, 3.8) is 0 Å². The summed E-state index contributed by atoms with van der Waals surface area (Å²) in [7, 11) is 1.54. The van der Waals surface area contributed by atoms with Crippen molar-refractivity contribution in [3.8, 4) is 17.2 Å². The van der Waals surface area contributed by atoms with Crippen molar-refractivity contribution in [1.29, 1.82) is 10.7 Å². The van der Waals surface area contributed by atoms with Crippen LogP contribution < -0.4 is 5.32 Å². The van der Waals surface area contributed by atoms with Gasteiger partial charge in [0, 0.05) is 17.5 Å². The summed E-state index contributed by atoms with van der Waals surface area (Å²) in [5.41, 5.74) is 0.602. The van der Waals surface area contributed by atoms with Gasteiger partial charge in [0.15, 0.2) is 11.1 Å². The standard InChI is InChI=1S/C18H17FN4OS/c1-10-16(24)23(3)17(21)22-18(10,2)14-8-13(15(19)25-14)12-6-4-5-11(7-12)9-20/h4-8,10H,1-3H3,(H2,21,22)/t10-,18+/m1/s1. The Bertz CT molecular complexity index is 916. The van der Waals surface area contributed by atoms with Gasteiger partial charge >= 0.3 is 0 Å². The van der Waals surface area contributed by atoms with E-state index in [-0.39, 0.29) is 17.0 Å². The van der Waals surface area contributed by atoms with E-state index in [4.69, 9.17) is 10.7 Å². The molecule has 3 rings (SSSR count). The number of rotatable bonds is 2. The van der Waals surface area contributed by atoms with Crippen LogP contribution in [0.5, 0.6) is 0 Å². The third-order valence-corrected chi connectivity index (χ3v) is 5.94. The molecule has 7 heteroatoms. The van der Waals surface area contributed by atoms with Gasteiger partial charge in [0.25, 0.3) is 0 Å². The van der Waals surface area contributed by atoms with E-state index in [2.05, 4.69) is 5.32 Å². The number of guanidine groups is 1. The second kappa shape index (κ2) is 5.97. The van der Waals surface area contributed by atoms with Crippen molar-refractivity contribution in [2.75, 3.05) is 7.05 Å². The van der Waals surface area contributed by atoms with Crippen LogP contribution in [0.4, 0.5) is 4.39 Å². The summed E-state index contributed by atoms with van der Waals surface area (Å²) < 4.78 is 14.6. The Balaban J connectivity index is 2.06. The second-order valence-electron chi connectivity index (χ2n) is 6.29. The number of thiophene rings is 1. The first-order valence-electron chi connectivity index (χ1n) is 7.72. The molecule has 2 N–H and O–H groups in total. The summed E-state index contributed by atoms with van der Waals surface area (Å²) in [6.45, 7) is 3.57. The lowest BCUT2D eigenvalue weighted by Gasteiger charge is -2.43. The molecule has 5 nitrogen and oxygen atoms in total. The summed E-state index contributed by atoms with van der Waals surface area (Å²) in [5.74, 6) is -0.650. The van der Waals surface area contributed by atoms with Crippen LogP contribution in [0.25, 0.3) is 11.1 Å². The highest BCUT2D eigenvalue weighted by Crippen LogP contribution is 2.41. The molecule has 0 spiro atoms. The van der Waals surface area contributed by atoms with E-state index in [1.165, 1.54) is 4.90 Å². The Labute approximate surface area is 149 Å². The Morgan fingerprint density at radius 3 is 2.84 bits per heavy atom. The van der Waals surface area contributed by atoms with Crippen LogP contribution in [0.3, 0.4) is 0 Å². The molecular weight excluding hydrogens is 339 g/mol. The number of benzene rings is 1. The van der Waals surface area contributed by atoms with Crippen LogP contribution in [-0.4, -0.2) is 23.8 Å². The van der Waals surface area contributed by atoms with Gasteiger partial charge in [-0.25, -0.2) is 0 Å². The number of nitrogens with zero attached hydrogens (tertiary/aromatic N) is 2. The third kappa shape index (κ3) is 2.68. The fourth-order valence-electron chi connectivity index (χ4n) is 2.94. The summed E-state index contributed by atoms with van der Waals surface area (Å²) in [4.78, 5) is 14.3. The predicted octanol–water partition coefficient (Wildman–Crippen LogP) is 3.27. The van der Waals surface area contributed by atoms with Gasteiger partial charge in [-0.3, -0.25) is 15.1 Å². The van der Waals surface area contributed by atoms with Crippen LogP contribution in [0, 0.1) is 27.8 Å². The molecule has 128 valence electrons. The molecule has 1 saturated heterocycles. The lowest BCUT2D eigenvalue weighted by molar-refractivity contribution is -0.134. The smallest absolute Gasteiger partial charge is 0.234 e. The zero-order valence-corrected chi connectivity index (χ0v) is 14.9. The number of amides is 1. The fourth-order valence-corrected chi connectivity index (χ4v) is 4.03. The quantitative estimate of drug-likeness (QED) is 0.867. The van der Waals surface area contributed by atoms with Crippen molar-refractivity contribution >= 4 is 23.2 Å². The molecule has 0 saturated carbocycles. The molecule has 0 radical (unpaired) electrons. The lowest BCUT2D eigenvalue weighted by Crippen LogP contribution is -2.62. The van der Waals surface area contributed by atoms with Gasteiger partial charge < -0.3 is 5.32 Å². The highest BCUT2D eigenvalue weighted by molar-refractivity contribution is 7.11. The van der Waals surface area contributed by atoms with E-state index < -0.39 is 11.5 Å². The predicted molar refractivity (Wildman–Crippen MR) is 94.6 cm³/mol. The van der Waals surface area contributed by atoms with Gasteiger partial charge in [-0.05, 0) is 30.7 Å². The van der Waals surface area contributed by atoms with E-state index in [1.54, 1.807) is 51.2 Å². The summed E-state index contributed by atoms with van der Waals surface area (Å²) in [5, 5.41) is 19.7. The zero-order chi connectivity index (χ0) is 18.4. The topological polar surface area (TPSA) is 80.0 Å². The average molecular weight is 356 g/mol. The first-order chi connectivity index (χ1) is 11.8. The van der Waals surface area contributed by atoms with Crippen molar-refractivity contribution in [2.45, 2.75) is 19.4 Å². The Morgan fingerprint density at radius 1 is 1.44 bits per heavy atom. The van der Waals surface area contributed by atoms with Crippen molar-refractivity contribution < 1.29 is 9.18 Å². The lowest BCUT2D eigenvalue weighted by atomic mass is 9.82. The largest absolute Gasteiger partial charge is 0.345 e. The number of halogens is 1. The van der Waals surface area contributed by atoms with E-state index in [0.29, 0.717) is 21.6 Å². The maximum atomic E-state index is 14.6. The number of nitrogens with one attached hydrogen (secondary N) is 2. The van der Waals surface area contributed by atoms with E-state index in [0.717, 1.165) is 11.3 Å². The van der Waals surface area contributed by atoms with Gasteiger partial charge in [-0.15, -0.1) is 11.3 Å². The molecule has 1 aliphatic heterocycles. The normalized spacial score (nSPS) is 23.3. The first-order valence-corrected chi connectivity index (χ1v) is 8.54. The molecule has 1 aromatic carbocycles. The van der Waals surface area contributed by atoms with Gasteiger partial charge in [0.2, 0.25) is 5.91 Å². The van der Waals surface area contributed by atoms with Gasteiger partial charge in [-0.2, -0.15) is 9.65 Å². The van der Waals surface area contributed by atoms with E-state index in [1.807, 2.05) is 6.07 Å². The number of nitriles is 1. The number of hydrogen-bond donors (Lipinski definition) is 2. The summed E-state index contributed by atoms with van der Waals surface area (Å²) in [6.07, 6.45) is 0. The van der Waals surface area contributed by atoms with Gasteiger partial charge in [-0.1, -0.05) is 19.1 Å². The Hall–Kier alpha value is -2.72. The molecule has 1 fully saturated rings. The molecule has 1 amide bonds. The van der Waals surface area contributed by atoms with Crippen LogP contribution >= 0.6 is 11.3 Å².